The highest BCUT2D eigenvalue weighted by atomic mass is 35.5. The lowest BCUT2D eigenvalue weighted by molar-refractivity contribution is 1.40. The molecule has 2 nitrogen and oxygen atoms in total. The highest BCUT2D eigenvalue weighted by Crippen LogP contribution is 2.28. The summed E-state index contributed by atoms with van der Waals surface area (Å²) in [5.41, 5.74) is 9.35. The van der Waals surface area contributed by atoms with Gasteiger partial charge in [0.15, 0.2) is 0 Å². The van der Waals surface area contributed by atoms with E-state index in [-0.39, 0.29) is 0 Å². The van der Waals surface area contributed by atoms with E-state index in [0.29, 0.717) is 10.7 Å². The predicted octanol–water partition coefficient (Wildman–Crippen LogP) is 4.14. The van der Waals surface area contributed by atoms with Crippen LogP contribution in [0.15, 0.2) is 54.6 Å². The molecule has 2 aromatic carbocycles. The summed E-state index contributed by atoms with van der Waals surface area (Å²) in [5, 5.41) is 1.76. The lowest BCUT2D eigenvalue weighted by Crippen LogP contribution is -1.92. The Bertz CT molecular complexity index is 723. The molecular formula is C15H11ClN2. The van der Waals surface area contributed by atoms with Gasteiger partial charge in [-0.05, 0) is 30.3 Å². The van der Waals surface area contributed by atoms with Crippen LogP contribution in [0.4, 0.5) is 5.69 Å². The molecule has 0 radical (unpaired) electrons. The Labute approximate surface area is 110 Å². The minimum atomic E-state index is 0.636. The highest BCUT2D eigenvalue weighted by Gasteiger charge is 2.05. The molecule has 0 aliphatic heterocycles. The van der Waals surface area contributed by atoms with Gasteiger partial charge in [0.25, 0.3) is 0 Å². The summed E-state index contributed by atoms with van der Waals surface area (Å²) < 4.78 is 0. The van der Waals surface area contributed by atoms with Gasteiger partial charge in [0.05, 0.1) is 11.2 Å². The molecule has 0 saturated heterocycles. The maximum Gasteiger partial charge on any atom is 0.0730 e. The fourth-order valence-electron chi connectivity index (χ4n) is 1.98. The summed E-state index contributed by atoms with van der Waals surface area (Å²) in [6.45, 7) is 0. The van der Waals surface area contributed by atoms with Gasteiger partial charge in [-0.2, -0.15) is 0 Å². The van der Waals surface area contributed by atoms with Gasteiger partial charge in [0.1, 0.15) is 0 Å². The first-order chi connectivity index (χ1) is 8.74. The highest BCUT2D eigenvalue weighted by molar-refractivity contribution is 6.31. The number of pyridine rings is 1. The molecule has 1 aromatic heterocycles. The first-order valence-corrected chi connectivity index (χ1v) is 6.03. The van der Waals surface area contributed by atoms with E-state index in [1.807, 2.05) is 48.5 Å². The number of nitrogens with two attached hydrogens (primary N) is 1. The van der Waals surface area contributed by atoms with E-state index in [2.05, 4.69) is 4.98 Å². The van der Waals surface area contributed by atoms with Crippen LogP contribution in [0.5, 0.6) is 0 Å². The molecule has 0 bridgehead atoms. The Morgan fingerprint density at radius 3 is 2.61 bits per heavy atom. The van der Waals surface area contributed by atoms with Gasteiger partial charge >= 0.3 is 0 Å². The van der Waals surface area contributed by atoms with Crippen LogP contribution in [-0.2, 0) is 0 Å². The molecule has 18 heavy (non-hydrogen) atoms. The lowest BCUT2D eigenvalue weighted by atomic mass is 10.1. The maximum atomic E-state index is 5.97. The number of fused-ring (bicyclic) bond motifs is 1. The van der Waals surface area contributed by atoms with Crippen molar-refractivity contribution in [1.82, 2.24) is 4.98 Å². The number of hydrogen-bond acceptors (Lipinski definition) is 2. The number of rotatable bonds is 1. The predicted molar refractivity (Wildman–Crippen MR) is 76.6 cm³/mol. The second kappa shape index (κ2) is 4.31. The van der Waals surface area contributed by atoms with Crippen molar-refractivity contribution in [3.05, 3.63) is 59.6 Å². The van der Waals surface area contributed by atoms with Crippen LogP contribution in [0.3, 0.4) is 0 Å². The molecule has 3 rings (SSSR count). The Hall–Kier alpha value is -2.06. The van der Waals surface area contributed by atoms with Crippen LogP contribution >= 0.6 is 11.6 Å². The zero-order chi connectivity index (χ0) is 12.5. The zero-order valence-corrected chi connectivity index (χ0v) is 10.4. The van der Waals surface area contributed by atoms with Crippen molar-refractivity contribution in [2.45, 2.75) is 0 Å². The minimum absolute atomic E-state index is 0.636. The average molecular weight is 255 g/mol. The molecule has 0 fully saturated rings. The first kappa shape index (κ1) is 11.1. The van der Waals surface area contributed by atoms with E-state index in [1.165, 1.54) is 0 Å². The van der Waals surface area contributed by atoms with Crippen molar-refractivity contribution in [2.24, 2.45) is 0 Å². The van der Waals surface area contributed by atoms with E-state index in [4.69, 9.17) is 17.3 Å². The Kier molecular flexibility index (Phi) is 2.65. The molecule has 0 saturated carbocycles. The first-order valence-electron chi connectivity index (χ1n) is 5.65. The average Bonchev–Trinajstić information content (AvgIpc) is 2.38. The monoisotopic (exact) mass is 254 g/mol. The Morgan fingerprint density at radius 2 is 1.78 bits per heavy atom. The number of halogens is 1. The number of nitrogen functional groups attached to an aromatic ring is 1. The van der Waals surface area contributed by atoms with Crippen molar-refractivity contribution in [3.8, 4) is 11.3 Å². The Morgan fingerprint density at radius 1 is 0.944 bits per heavy atom. The molecule has 0 amide bonds. The zero-order valence-electron chi connectivity index (χ0n) is 9.60. The van der Waals surface area contributed by atoms with Gasteiger partial charge in [0.2, 0.25) is 0 Å². The van der Waals surface area contributed by atoms with E-state index >= 15 is 0 Å². The van der Waals surface area contributed by atoms with Crippen molar-refractivity contribution >= 4 is 28.2 Å². The molecule has 3 heteroatoms. The summed E-state index contributed by atoms with van der Waals surface area (Å²) in [6.07, 6.45) is 0. The second-order valence-corrected chi connectivity index (χ2v) is 4.56. The number of benzene rings is 2. The molecule has 1 heterocycles. The quantitative estimate of drug-likeness (QED) is 0.663. The van der Waals surface area contributed by atoms with Gasteiger partial charge < -0.3 is 5.73 Å². The molecule has 3 aromatic rings. The number of nitrogens with zero attached hydrogens (tertiary/aromatic N) is 1. The minimum Gasteiger partial charge on any atom is -0.398 e. The molecule has 0 aliphatic carbocycles. The summed E-state index contributed by atoms with van der Waals surface area (Å²) in [4.78, 5) is 4.61. The van der Waals surface area contributed by atoms with Gasteiger partial charge in [-0.3, -0.25) is 0 Å². The third-order valence-corrected chi connectivity index (χ3v) is 3.12. The molecule has 2 N–H and O–H groups in total. The normalized spacial score (nSPS) is 10.7. The molecule has 0 unspecified atom stereocenters. The fourth-order valence-corrected chi connectivity index (χ4v) is 2.16. The van der Waals surface area contributed by atoms with Crippen molar-refractivity contribution in [1.29, 1.82) is 0 Å². The number of anilines is 1. The molecular weight excluding hydrogens is 244 g/mol. The van der Waals surface area contributed by atoms with E-state index in [9.17, 15) is 0 Å². The molecule has 0 aliphatic rings. The fraction of sp³-hybridized carbons (Fsp3) is 0. The lowest BCUT2D eigenvalue weighted by Gasteiger charge is -2.06. The van der Waals surface area contributed by atoms with E-state index in [0.717, 1.165) is 22.2 Å². The third-order valence-electron chi connectivity index (χ3n) is 2.89. The van der Waals surface area contributed by atoms with Crippen molar-refractivity contribution in [2.75, 3.05) is 5.73 Å². The number of aromatic nitrogens is 1. The molecule has 0 atom stereocenters. The van der Waals surface area contributed by atoms with Crippen LogP contribution < -0.4 is 5.73 Å². The van der Waals surface area contributed by atoms with Crippen LogP contribution in [0, 0.1) is 0 Å². The summed E-state index contributed by atoms with van der Waals surface area (Å²) >= 11 is 5.90. The molecule has 0 spiro atoms. The SMILES string of the molecule is Nc1cc(Cl)ccc1-c1ccc2ccccc2n1. The van der Waals surface area contributed by atoms with Crippen LogP contribution in [-0.4, -0.2) is 4.98 Å². The summed E-state index contributed by atoms with van der Waals surface area (Å²) in [5.74, 6) is 0. The third kappa shape index (κ3) is 1.91. The van der Waals surface area contributed by atoms with Crippen LogP contribution in [0.1, 0.15) is 0 Å². The van der Waals surface area contributed by atoms with Crippen LogP contribution in [0.25, 0.3) is 22.2 Å². The van der Waals surface area contributed by atoms with Crippen molar-refractivity contribution < 1.29 is 0 Å². The van der Waals surface area contributed by atoms with E-state index in [1.54, 1.807) is 6.07 Å². The number of hydrogen-bond donors (Lipinski definition) is 1. The summed E-state index contributed by atoms with van der Waals surface area (Å²) in [7, 11) is 0. The van der Waals surface area contributed by atoms with Gasteiger partial charge in [-0.15, -0.1) is 0 Å². The Balaban J connectivity index is 2.19. The second-order valence-electron chi connectivity index (χ2n) is 4.12. The smallest absolute Gasteiger partial charge is 0.0730 e. The standard InChI is InChI=1S/C15H11ClN2/c16-11-6-7-12(13(17)9-11)15-8-5-10-3-1-2-4-14(10)18-15/h1-9H,17H2. The largest absolute Gasteiger partial charge is 0.398 e. The molecule has 88 valence electrons. The van der Waals surface area contributed by atoms with Gasteiger partial charge in [-0.1, -0.05) is 35.9 Å². The van der Waals surface area contributed by atoms with Gasteiger partial charge in [0, 0.05) is 21.7 Å². The van der Waals surface area contributed by atoms with Crippen LogP contribution in [0.2, 0.25) is 5.02 Å². The maximum absolute atomic E-state index is 5.97. The summed E-state index contributed by atoms with van der Waals surface area (Å²) in [6, 6.07) is 17.5. The van der Waals surface area contributed by atoms with E-state index < -0.39 is 0 Å². The van der Waals surface area contributed by atoms with Crippen molar-refractivity contribution in [3.63, 3.8) is 0 Å². The number of para-hydroxylation sites is 1. The van der Waals surface area contributed by atoms with Gasteiger partial charge in [-0.25, -0.2) is 4.98 Å². The topological polar surface area (TPSA) is 38.9 Å².